The van der Waals surface area contributed by atoms with Gasteiger partial charge in [0.2, 0.25) is 5.95 Å². The van der Waals surface area contributed by atoms with Gasteiger partial charge in [-0.05, 0) is 73.8 Å². The van der Waals surface area contributed by atoms with Crippen LogP contribution in [0.15, 0.2) is 39.3 Å². The van der Waals surface area contributed by atoms with Crippen molar-refractivity contribution in [3.05, 3.63) is 34.9 Å². The Bertz CT molecular complexity index is 938. The third-order valence-corrected chi connectivity index (χ3v) is 7.71. The topological polar surface area (TPSA) is 99.5 Å². The number of hydrogen-bond donors (Lipinski definition) is 3. The molecule has 1 fully saturated rings. The highest BCUT2D eigenvalue weighted by Gasteiger charge is 2.23. The Morgan fingerprint density at radius 2 is 1.89 bits per heavy atom. The van der Waals surface area contributed by atoms with Crippen LogP contribution in [-0.2, 0) is 9.73 Å². The van der Waals surface area contributed by atoms with E-state index < -0.39 is 15.3 Å². The van der Waals surface area contributed by atoms with Gasteiger partial charge in [-0.3, -0.25) is 0 Å². The number of aliphatic hydroxyl groups is 1. The number of hydrogen-bond acceptors (Lipinski definition) is 7. The lowest BCUT2D eigenvalue weighted by Crippen LogP contribution is -2.39. The molecule has 1 atom stereocenters. The standard InChI is InChI=1S/C19H26BrN5O2S/c1-13(19(2,3)26)22-17-16(20)12-21-18(24-17)23-14-6-8-15(9-7-14)25-28(27)10-4-5-11-28/h6-9,12-13,26H,4-5,10-11H2,1-3H3,(H2,21,22,23,24)/t13-/m1/s1. The second-order valence-electron chi connectivity index (χ2n) is 7.56. The molecular weight excluding hydrogens is 442 g/mol. The number of benzene rings is 1. The van der Waals surface area contributed by atoms with Gasteiger partial charge < -0.3 is 15.7 Å². The van der Waals surface area contributed by atoms with Crippen LogP contribution >= 0.6 is 15.9 Å². The van der Waals surface area contributed by atoms with Crippen LogP contribution in [0.3, 0.4) is 0 Å². The van der Waals surface area contributed by atoms with E-state index in [2.05, 4.69) is 40.9 Å². The van der Waals surface area contributed by atoms with Gasteiger partial charge in [0, 0.05) is 23.4 Å². The average molecular weight is 468 g/mol. The zero-order chi connectivity index (χ0) is 20.4. The molecule has 28 heavy (non-hydrogen) atoms. The summed E-state index contributed by atoms with van der Waals surface area (Å²) in [5.74, 6) is 2.41. The van der Waals surface area contributed by atoms with Crippen LogP contribution in [0.1, 0.15) is 33.6 Å². The summed E-state index contributed by atoms with van der Waals surface area (Å²) >= 11 is 3.43. The molecule has 1 saturated heterocycles. The lowest BCUT2D eigenvalue weighted by Gasteiger charge is -2.27. The van der Waals surface area contributed by atoms with Crippen LogP contribution in [0.4, 0.5) is 23.1 Å². The van der Waals surface area contributed by atoms with Crippen LogP contribution in [0.25, 0.3) is 0 Å². The predicted molar refractivity (Wildman–Crippen MR) is 118 cm³/mol. The Kier molecular flexibility index (Phi) is 6.26. The van der Waals surface area contributed by atoms with Gasteiger partial charge in [0.1, 0.15) is 5.82 Å². The first-order valence-electron chi connectivity index (χ1n) is 9.26. The molecule has 1 aliphatic rings. The molecule has 3 rings (SSSR count). The quantitative estimate of drug-likeness (QED) is 0.580. The SMILES string of the molecule is C[C@@H](Nc1nc(Nc2ccc(N=S3(=O)CCCC3)cc2)ncc1Br)C(C)(C)O. The van der Waals surface area contributed by atoms with Crippen LogP contribution in [-0.4, -0.2) is 42.4 Å². The monoisotopic (exact) mass is 467 g/mol. The maximum absolute atomic E-state index is 12.5. The van der Waals surface area contributed by atoms with E-state index in [1.54, 1.807) is 20.0 Å². The van der Waals surface area contributed by atoms with Gasteiger partial charge in [-0.15, -0.1) is 0 Å². The third-order valence-electron chi connectivity index (χ3n) is 4.73. The third kappa shape index (κ3) is 5.42. The summed E-state index contributed by atoms with van der Waals surface area (Å²) in [5, 5.41) is 16.5. The summed E-state index contributed by atoms with van der Waals surface area (Å²) in [6.07, 6.45) is 3.64. The summed E-state index contributed by atoms with van der Waals surface area (Å²) < 4.78 is 17.7. The van der Waals surface area contributed by atoms with Gasteiger partial charge in [-0.1, -0.05) is 0 Å². The summed E-state index contributed by atoms with van der Waals surface area (Å²) in [6.45, 7) is 5.37. The zero-order valence-corrected chi connectivity index (χ0v) is 18.7. The number of aromatic nitrogens is 2. The highest BCUT2D eigenvalue weighted by Crippen LogP contribution is 2.26. The molecule has 0 unspecified atom stereocenters. The largest absolute Gasteiger partial charge is 0.388 e. The molecule has 1 aromatic heterocycles. The number of rotatable bonds is 6. The van der Waals surface area contributed by atoms with Crippen molar-refractivity contribution in [1.29, 1.82) is 0 Å². The van der Waals surface area contributed by atoms with E-state index in [0.717, 1.165) is 24.2 Å². The summed E-state index contributed by atoms with van der Waals surface area (Å²) in [6, 6.07) is 7.23. The van der Waals surface area contributed by atoms with Crippen molar-refractivity contribution in [3.63, 3.8) is 0 Å². The first-order chi connectivity index (χ1) is 13.1. The van der Waals surface area contributed by atoms with Crippen molar-refractivity contribution in [1.82, 2.24) is 9.97 Å². The second kappa shape index (κ2) is 8.34. The smallest absolute Gasteiger partial charge is 0.229 e. The Morgan fingerprint density at radius 1 is 1.25 bits per heavy atom. The molecule has 0 radical (unpaired) electrons. The first kappa shape index (κ1) is 21.0. The number of halogens is 1. The van der Waals surface area contributed by atoms with E-state index in [1.807, 2.05) is 31.2 Å². The van der Waals surface area contributed by atoms with Crippen LogP contribution < -0.4 is 10.6 Å². The molecule has 0 bridgehead atoms. The molecule has 7 nitrogen and oxygen atoms in total. The zero-order valence-electron chi connectivity index (χ0n) is 16.3. The molecule has 3 N–H and O–H groups in total. The van der Waals surface area contributed by atoms with E-state index in [4.69, 9.17) is 0 Å². The van der Waals surface area contributed by atoms with Crippen molar-refractivity contribution in [2.75, 3.05) is 22.1 Å². The molecule has 2 aromatic rings. The van der Waals surface area contributed by atoms with Gasteiger partial charge in [0.15, 0.2) is 0 Å². The molecule has 1 aromatic carbocycles. The molecule has 1 aliphatic heterocycles. The van der Waals surface area contributed by atoms with E-state index in [1.165, 1.54) is 0 Å². The lowest BCUT2D eigenvalue weighted by atomic mass is 10.0. The molecule has 0 aliphatic carbocycles. The lowest BCUT2D eigenvalue weighted by molar-refractivity contribution is 0.0647. The van der Waals surface area contributed by atoms with Gasteiger partial charge >= 0.3 is 0 Å². The fraction of sp³-hybridized carbons (Fsp3) is 0.474. The van der Waals surface area contributed by atoms with E-state index in [-0.39, 0.29) is 6.04 Å². The fourth-order valence-electron chi connectivity index (χ4n) is 2.69. The molecule has 9 heteroatoms. The van der Waals surface area contributed by atoms with E-state index in [0.29, 0.717) is 27.7 Å². The van der Waals surface area contributed by atoms with Crippen molar-refractivity contribution in [3.8, 4) is 0 Å². The average Bonchev–Trinajstić information content (AvgIpc) is 3.05. The number of anilines is 3. The van der Waals surface area contributed by atoms with E-state index >= 15 is 0 Å². The normalized spacial score (nSPS) is 17.2. The Hall–Kier alpha value is -1.71. The van der Waals surface area contributed by atoms with Crippen LogP contribution in [0.2, 0.25) is 0 Å². The van der Waals surface area contributed by atoms with E-state index in [9.17, 15) is 9.32 Å². The van der Waals surface area contributed by atoms with Crippen molar-refractivity contribution in [2.45, 2.75) is 45.3 Å². The maximum atomic E-state index is 12.5. The predicted octanol–water partition coefficient (Wildman–Crippen LogP) is 4.45. The van der Waals surface area contributed by atoms with Crippen molar-refractivity contribution < 1.29 is 9.32 Å². The minimum absolute atomic E-state index is 0.204. The highest BCUT2D eigenvalue weighted by atomic mass is 79.9. The second-order valence-corrected chi connectivity index (χ2v) is 11.0. The Labute approximate surface area is 174 Å². The fourth-order valence-corrected chi connectivity index (χ4v) is 5.19. The van der Waals surface area contributed by atoms with Crippen molar-refractivity contribution in [2.24, 2.45) is 4.36 Å². The summed E-state index contributed by atoms with van der Waals surface area (Å²) in [7, 11) is -2.07. The number of nitrogens with one attached hydrogen (secondary N) is 2. The molecule has 0 spiro atoms. The van der Waals surface area contributed by atoms with Crippen LogP contribution in [0.5, 0.6) is 0 Å². The van der Waals surface area contributed by atoms with Crippen LogP contribution in [0, 0.1) is 0 Å². The Morgan fingerprint density at radius 3 is 2.50 bits per heavy atom. The summed E-state index contributed by atoms with van der Waals surface area (Å²) in [4.78, 5) is 8.76. The van der Waals surface area contributed by atoms with Gasteiger partial charge in [0.05, 0.1) is 31.5 Å². The first-order valence-corrected chi connectivity index (χ1v) is 11.9. The van der Waals surface area contributed by atoms with Gasteiger partial charge in [-0.2, -0.15) is 9.35 Å². The highest BCUT2D eigenvalue weighted by molar-refractivity contribution is 9.10. The molecule has 2 heterocycles. The molecule has 152 valence electrons. The minimum atomic E-state index is -2.07. The molecule has 0 amide bonds. The summed E-state index contributed by atoms with van der Waals surface area (Å²) in [5.41, 5.74) is 0.650. The molecular formula is C19H26BrN5O2S. The minimum Gasteiger partial charge on any atom is -0.388 e. The Balaban J connectivity index is 1.73. The maximum Gasteiger partial charge on any atom is 0.229 e. The molecule has 0 saturated carbocycles. The number of nitrogens with zero attached hydrogens (tertiary/aromatic N) is 3. The van der Waals surface area contributed by atoms with Crippen molar-refractivity contribution >= 4 is 48.8 Å². The van der Waals surface area contributed by atoms with Gasteiger partial charge in [-0.25, -0.2) is 9.19 Å². The van der Waals surface area contributed by atoms with Gasteiger partial charge in [0.25, 0.3) is 0 Å².